The zero-order chi connectivity index (χ0) is 43.0. The van der Waals surface area contributed by atoms with Gasteiger partial charge in [0.25, 0.3) is 0 Å². The molecule has 9 saturated heterocycles. The summed E-state index contributed by atoms with van der Waals surface area (Å²) in [7, 11) is 0. The van der Waals surface area contributed by atoms with Gasteiger partial charge in [-0.05, 0) is 134 Å². The normalized spacial score (nSPS) is 42.0. The molecule has 17 nitrogen and oxygen atoms in total. The number of fused-ring (bicyclic) bond motifs is 6. The van der Waals surface area contributed by atoms with E-state index in [9.17, 15) is 10.1 Å². The zero-order valence-corrected chi connectivity index (χ0v) is 37.6. The molecule has 9 aliphatic heterocycles. The molecule has 17 heteroatoms. The number of rotatable bonds is 7. The van der Waals surface area contributed by atoms with Crippen LogP contribution in [0.2, 0.25) is 0 Å². The Morgan fingerprint density at radius 1 is 0.617 bits per heavy atom. The predicted molar refractivity (Wildman–Crippen MR) is 216 cm³/mol. The summed E-state index contributed by atoms with van der Waals surface area (Å²) in [6, 6.07) is 1.98. The molecule has 60 heavy (non-hydrogen) atoms. The van der Waals surface area contributed by atoms with Gasteiger partial charge in [-0.1, -0.05) is 0 Å². The van der Waals surface area contributed by atoms with E-state index in [4.69, 9.17) is 53.1 Å². The highest BCUT2D eigenvalue weighted by Crippen LogP contribution is 2.46. The number of nitrogens with one attached hydrogen (secondary N) is 1. The molecule has 0 aromatic carbocycles. The number of hydrogen-bond donors (Lipinski definition) is 2. The highest BCUT2D eigenvalue weighted by atomic mass is 16.9. The first-order valence-electron chi connectivity index (χ1n) is 22.4. The summed E-state index contributed by atoms with van der Waals surface area (Å²) in [4.78, 5) is 19.2. The van der Waals surface area contributed by atoms with Crippen molar-refractivity contribution in [3.63, 3.8) is 0 Å². The molecular weight excluding hydrogens is 777 g/mol. The van der Waals surface area contributed by atoms with Gasteiger partial charge in [0.2, 0.25) is 5.91 Å². The number of nitriles is 1. The molecule has 0 radical (unpaired) electrons. The minimum atomic E-state index is -0.719. The van der Waals surface area contributed by atoms with Gasteiger partial charge in [0.15, 0.2) is 35.7 Å². The van der Waals surface area contributed by atoms with Crippen LogP contribution in [0.25, 0.3) is 0 Å². The van der Waals surface area contributed by atoms with Crippen molar-refractivity contribution in [2.75, 3.05) is 52.4 Å². The largest absolute Gasteiger partial charge is 0.342 e. The van der Waals surface area contributed by atoms with Gasteiger partial charge in [-0.2, -0.15) is 5.26 Å². The van der Waals surface area contributed by atoms with Gasteiger partial charge < -0.3 is 73.1 Å². The van der Waals surface area contributed by atoms with E-state index in [2.05, 4.69) is 35.0 Å². The molecule has 0 aliphatic carbocycles. The van der Waals surface area contributed by atoms with Crippen LogP contribution in [0, 0.1) is 11.3 Å². The van der Waals surface area contributed by atoms with Crippen molar-refractivity contribution < 1.29 is 52.2 Å². The fourth-order valence-electron chi connectivity index (χ4n) is 10.4. The summed E-state index contributed by atoms with van der Waals surface area (Å²) < 4.78 is 61.7. The molecule has 9 heterocycles. The van der Waals surface area contributed by atoms with Gasteiger partial charge in [-0.15, -0.1) is 0 Å². The van der Waals surface area contributed by atoms with Gasteiger partial charge in [-0.3, -0.25) is 4.79 Å². The van der Waals surface area contributed by atoms with Crippen molar-refractivity contribution in [3.05, 3.63) is 0 Å². The quantitative estimate of drug-likeness (QED) is 0.381. The van der Waals surface area contributed by atoms with Crippen LogP contribution >= 0.6 is 0 Å². The van der Waals surface area contributed by atoms with Crippen LogP contribution in [0.1, 0.15) is 108 Å². The van der Waals surface area contributed by atoms with E-state index >= 15 is 0 Å². The first-order valence-corrected chi connectivity index (χ1v) is 22.4. The van der Waals surface area contributed by atoms with Crippen LogP contribution < -0.4 is 11.1 Å². The topological polar surface area (TPSA) is 181 Å². The van der Waals surface area contributed by atoms with E-state index < -0.39 is 35.7 Å². The first-order chi connectivity index (χ1) is 28.0. The minimum absolute atomic E-state index is 0.0246. The van der Waals surface area contributed by atoms with Gasteiger partial charge in [0.1, 0.15) is 54.9 Å². The Bertz CT molecular complexity index is 1590. The van der Waals surface area contributed by atoms with Crippen molar-refractivity contribution in [2.24, 2.45) is 5.73 Å². The Balaban J connectivity index is 0.000000176. The van der Waals surface area contributed by atoms with E-state index in [1.54, 1.807) is 4.90 Å². The summed E-state index contributed by atoms with van der Waals surface area (Å²) in [6.07, 6.45) is 2.99. The van der Waals surface area contributed by atoms with E-state index in [-0.39, 0.29) is 78.4 Å². The van der Waals surface area contributed by atoms with Crippen molar-refractivity contribution in [1.82, 2.24) is 20.0 Å². The summed E-state index contributed by atoms with van der Waals surface area (Å²) in [5.41, 5.74) is 6.08. The van der Waals surface area contributed by atoms with Gasteiger partial charge in [0, 0.05) is 30.7 Å². The number of carbonyl (C=O) groups excluding carboxylic acids is 1. The van der Waals surface area contributed by atoms with E-state index in [1.807, 2.05) is 55.4 Å². The monoisotopic (exact) mass is 849 g/mol. The lowest BCUT2D eigenvalue weighted by Gasteiger charge is -2.43. The maximum Gasteiger partial charge on any atom is 0.237 e. The lowest BCUT2D eigenvalue weighted by molar-refractivity contribution is -0.237. The van der Waals surface area contributed by atoms with Gasteiger partial charge in [-0.25, -0.2) is 0 Å². The highest BCUT2D eigenvalue weighted by Gasteiger charge is 2.62. The molecule has 0 unspecified atom stereocenters. The number of nitrogens with two attached hydrogens (primary N) is 1. The molecule has 9 aliphatic rings. The standard InChI is InChI=1S/C25H40N4O6.C18H32N2O5/c1-23(2)32-19-17(31-22-21(20(19)33-23)34-24(3,4)35-22)15-28-11-8-25(5,9-12-28)27-14-18(30)29-10-6-7-16(29)13-26;1-16(2)22-12-11(10-20-8-6-18(5,19)7-9-20)21-15-14(13(12)23-16)24-17(3,4)25-15/h16-17,19-22,27H,6-12,14-15H2,1-5H3;11-15H,6-10,19H2,1-5H3/t16-,17+,19-,20-,21+,22+;11-,12+,13+,14-,15-/m01/s1. The molecule has 11 atom stereocenters. The van der Waals surface area contributed by atoms with Crippen LogP contribution in [0.4, 0.5) is 0 Å². The summed E-state index contributed by atoms with van der Waals surface area (Å²) in [5.74, 6) is -2.70. The Morgan fingerprint density at radius 3 is 1.50 bits per heavy atom. The smallest absolute Gasteiger partial charge is 0.237 e. The number of ether oxygens (including phenoxy) is 10. The molecular formula is C43H72N6O11. The third-order valence-electron chi connectivity index (χ3n) is 13.7. The second-order valence-corrected chi connectivity index (χ2v) is 21.0. The Hall–Kier alpha value is -1.60. The van der Waals surface area contributed by atoms with Crippen LogP contribution in [0.5, 0.6) is 0 Å². The van der Waals surface area contributed by atoms with Crippen molar-refractivity contribution in [3.8, 4) is 6.07 Å². The molecule has 9 rings (SSSR count). The summed E-state index contributed by atoms with van der Waals surface area (Å²) in [6.45, 7) is 25.9. The molecule has 1 amide bonds. The zero-order valence-electron chi connectivity index (χ0n) is 37.6. The third kappa shape index (κ3) is 9.87. The molecule has 3 N–H and O–H groups in total. The lowest BCUT2D eigenvalue weighted by atomic mass is 9.89. The SMILES string of the molecule is CC1(N)CCN(C[C@H]2O[C@@H]3OC(C)(C)O[C@@H]3[C@H]3OC(C)(C)O[C@H]32)CC1.CC1(NCC(=O)N2CCC[C@H]2C#N)CCN(C[C@H]2O[C@@H]3OC(C)(C)O[C@@H]3[C@H]3OC(C)(C)O[C@H]32)CC1. The molecule has 0 saturated carbocycles. The molecule has 0 bridgehead atoms. The average molecular weight is 849 g/mol. The van der Waals surface area contributed by atoms with Gasteiger partial charge in [0.05, 0.1) is 12.6 Å². The van der Waals surface area contributed by atoms with Gasteiger partial charge >= 0.3 is 0 Å². The van der Waals surface area contributed by atoms with Crippen molar-refractivity contribution >= 4 is 5.91 Å². The van der Waals surface area contributed by atoms with E-state index in [1.165, 1.54) is 0 Å². The number of carbonyl (C=O) groups is 1. The lowest BCUT2D eigenvalue weighted by Crippen LogP contribution is -2.60. The molecule has 9 fully saturated rings. The highest BCUT2D eigenvalue weighted by molar-refractivity contribution is 5.79. The van der Waals surface area contributed by atoms with E-state index in [0.717, 1.165) is 77.8 Å². The average Bonchev–Trinajstić information content (AvgIpc) is 3.96. The molecule has 0 aromatic rings. The van der Waals surface area contributed by atoms with E-state index in [0.29, 0.717) is 6.54 Å². The van der Waals surface area contributed by atoms with Crippen molar-refractivity contribution in [1.29, 1.82) is 5.26 Å². The number of likely N-dealkylation sites (tertiary alicyclic amines) is 3. The maximum atomic E-state index is 12.7. The fraction of sp³-hybridized carbons (Fsp3) is 0.953. The Labute approximate surface area is 356 Å². The van der Waals surface area contributed by atoms with Crippen LogP contribution in [-0.4, -0.2) is 175 Å². The number of amides is 1. The Morgan fingerprint density at radius 2 is 1.03 bits per heavy atom. The molecule has 340 valence electrons. The molecule has 0 spiro atoms. The minimum Gasteiger partial charge on any atom is -0.342 e. The maximum absolute atomic E-state index is 12.7. The fourth-order valence-corrected chi connectivity index (χ4v) is 10.4. The number of nitrogens with zero attached hydrogens (tertiary/aromatic N) is 4. The predicted octanol–water partition coefficient (Wildman–Crippen LogP) is 2.54. The number of piperidine rings is 2. The number of hydrogen-bond acceptors (Lipinski definition) is 16. The van der Waals surface area contributed by atoms with Crippen LogP contribution in [-0.2, 0) is 52.2 Å². The first kappa shape index (κ1) is 45.0. The summed E-state index contributed by atoms with van der Waals surface area (Å²) in [5, 5.41) is 12.8. The van der Waals surface area contributed by atoms with Crippen LogP contribution in [0.15, 0.2) is 0 Å². The summed E-state index contributed by atoms with van der Waals surface area (Å²) >= 11 is 0. The third-order valence-corrected chi connectivity index (χ3v) is 13.7. The second-order valence-electron chi connectivity index (χ2n) is 21.0. The Kier molecular flexibility index (Phi) is 12.3. The van der Waals surface area contributed by atoms with Crippen molar-refractivity contribution in [2.45, 2.75) is 209 Å². The van der Waals surface area contributed by atoms with Crippen LogP contribution in [0.3, 0.4) is 0 Å². The molecule has 0 aromatic heterocycles. The second kappa shape index (κ2) is 16.4.